The lowest BCUT2D eigenvalue weighted by Crippen LogP contribution is -2.42. The first-order valence-electron chi connectivity index (χ1n) is 10.8. The molecule has 0 aliphatic rings. The Bertz CT molecular complexity index is 728. The second kappa shape index (κ2) is 10.4. The summed E-state index contributed by atoms with van der Waals surface area (Å²) in [4.78, 5) is 2.36. The van der Waals surface area contributed by atoms with Crippen molar-refractivity contribution in [3.63, 3.8) is 0 Å². The van der Waals surface area contributed by atoms with Gasteiger partial charge in [0.15, 0.2) is 0 Å². The topological polar surface area (TPSA) is 37.6 Å². The normalized spacial score (nSPS) is 14.6. The largest absolute Gasteiger partial charge is 0.389 e. The molecule has 0 spiro atoms. The zero-order valence-electron chi connectivity index (χ0n) is 19.4. The lowest BCUT2D eigenvalue weighted by molar-refractivity contribution is 0.0191. The summed E-state index contributed by atoms with van der Waals surface area (Å²) in [6, 6.07) is 13.6. The molecule has 29 heavy (non-hydrogen) atoms. The number of hydrogen-bond donors (Lipinski definition) is 1. The maximum atomic E-state index is 10.3. The monoisotopic (exact) mass is 400 g/mol. The van der Waals surface area contributed by atoms with Gasteiger partial charge in [-0.2, -0.15) is 0 Å². The minimum Gasteiger partial charge on any atom is -0.389 e. The van der Waals surface area contributed by atoms with E-state index < -0.39 is 6.10 Å². The predicted octanol–water partition coefficient (Wildman–Crippen LogP) is 4.69. The van der Waals surface area contributed by atoms with Crippen molar-refractivity contribution in [2.75, 3.05) is 20.3 Å². The van der Waals surface area contributed by atoms with E-state index in [0.29, 0.717) is 25.1 Å². The average molecular weight is 401 g/mol. The van der Waals surface area contributed by atoms with Crippen LogP contribution in [0.2, 0.25) is 0 Å². The number of aliphatic hydroxyl groups is 1. The van der Waals surface area contributed by atoms with Crippen LogP contribution in [0, 0.1) is 5.92 Å². The maximum Gasteiger partial charge on any atom is 0.0900 e. The summed E-state index contributed by atoms with van der Waals surface area (Å²) in [7, 11) is 1.63. The minimum atomic E-state index is -0.477. The van der Waals surface area contributed by atoms with Crippen LogP contribution < -0.4 is 0 Å². The average Bonchev–Trinajstić information content (AvgIpc) is 3.07. The summed E-state index contributed by atoms with van der Waals surface area (Å²) in [5, 5.41) is 10.3. The molecule has 0 unspecified atom stereocenters. The van der Waals surface area contributed by atoms with E-state index in [4.69, 9.17) is 4.74 Å². The van der Waals surface area contributed by atoms with Gasteiger partial charge < -0.3 is 14.4 Å². The summed E-state index contributed by atoms with van der Waals surface area (Å²) in [5.74, 6) is 0.512. The van der Waals surface area contributed by atoms with E-state index in [2.05, 4.69) is 93.6 Å². The number of hydrogen-bond acceptors (Lipinski definition) is 3. The molecule has 4 heteroatoms. The standard InChI is InChI=1S/C25H40N2O2/c1-19(2)20(3)27(17-24(28)18-29-7)16-23-9-8-14-26(23)15-21-10-12-22(13-11-21)25(4,5)6/h8-14,19-20,24,28H,15-18H2,1-7H3/t20-,24+/m1/s1. The Kier molecular flexibility index (Phi) is 8.50. The van der Waals surface area contributed by atoms with Crippen molar-refractivity contribution in [3.8, 4) is 0 Å². The van der Waals surface area contributed by atoms with Gasteiger partial charge in [-0.1, -0.05) is 58.9 Å². The number of methoxy groups -OCH3 is 1. The fourth-order valence-corrected chi connectivity index (χ4v) is 3.57. The van der Waals surface area contributed by atoms with Crippen molar-refractivity contribution in [3.05, 3.63) is 59.4 Å². The molecular weight excluding hydrogens is 360 g/mol. The van der Waals surface area contributed by atoms with Crippen molar-refractivity contribution < 1.29 is 9.84 Å². The molecule has 2 aromatic rings. The molecule has 162 valence electrons. The highest BCUT2D eigenvalue weighted by Crippen LogP contribution is 2.23. The molecule has 1 heterocycles. The lowest BCUT2D eigenvalue weighted by Gasteiger charge is -2.33. The van der Waals surface area contributed by atoms with E-state index in [0.717, 1.165) is 13.1 Å². The Hall–Kier alpha value is -1.62. The number of rotatable bonds is 10. The van der Waals surface area contributed by atoms with Crippen LogP contribution in [0.25, 0.3) is 0 Å². The Morgan fingerprint density at radius 2 is 1.72 bits per heavy atom. The smallest absolute Gasteiger partial charge is 0.0900 e. The zero-order chi connectivity index (χ0) is 21.6. The summed E-state index contributed by atoms with van der Waals surface area (Å²) in [6.07, 6.45) is 1.67. The number of ether oxygens (including phenoxy) is 1. The molecule has 2 rings (SSSR count). The van der Waals surface area contributed by atoms with Crippen LogP contribution in [0.1, 0.15) is 58.4 Å². The van der Waals surface area contributed by atoms with E-state index in [1.807, 2.05) is 0 Å². The summed E-state index contributed by atoms with van der Waals surface area (Å²) in [6.45, 7) is 16.1. The van der Waals surface area contributed by atoms with Gasteiger partial charge in [0, 0.05) is 44.7 Å². The van der Waals surface area contributed by atoms with E-state index in [1.165, 1.54) is 16.8 Å². The molecule has 1 N–H and O–H groups in total. The quantitative estimate of drug-likeness (QED) is 0.629. The third-order valence-corrected chi connectivity index (χ3v) is 5.81. The summed E-state index contributed by atoms with van der Waals surface area (Å²) < 4.78 is 7.45. The van der Waals surface area contributed by atoms with Gasteiger partial charge in [-0.15, -0.1) is 0 Å². The molecule has 1 aromatic heterocycles. The number of nitrogens with zero attached hydrogens (tertiary/aromatic N) is 2. The summed E-state index contributed by atoms with van der Waals surface area (Å²) >= 11 is 0. The van der Waals surface area contributed by atoms with Gasteiger partial charge in [-0.3, -0.25) is 4.90 Å². The second-order valence-electron chi connectivity index (χ2n) is 9.60. The van der Waals surface area contributed by atoms with E-state index in [-0.39, 0.29) is 5.41 Å². The van der Waals surface area contributed by atoms with Crippen LogP contribution in [0.15, 0.2) is 42.6 Å². The minimum absolute atomic E-state index is 0.174. The Labute approximate surface area is 177 Å². The molecule has 0 fully saturated rings. The fourth-order valence-electron chi connectivity index (χ4n) is 3.57. The number of aliphatic hydroxyl groups excluding tert-OH is 1. The highest BCUT2D eigenvalue weighted by molar-refractivity contribution is 5.28. The fraction of sp³-hybridized carbons (Fsp3) is 0.600. The van der Waals surface area contributed by atoms with Crippen LogP contribution in [-0.2, 0) is 23.2 Å². The van der Waals surface area contributed by atoms with E-state index in [1.54, 1.807) is 7.11 Å². The van der Waals surface area contributed by atoms with Gasteiger partial charge in [-0.05, 0) is 41.5 Å². The van der Waals surface area contributed by atoms with Crippen molar-refractivity contribution in [1.29, 1.82) is 0 Å². The predicted molar refractivity (Wildman–Crippen MR) is 121 cm³/mol. The highest BCUT2D eigenvalue weighted by Gasteiger charge is 2.21. The first kappa shape index (κ1) is 23.7. The number of aromatic nitrogens is 1. The van der Waals surface area contributed by atoms with Crippen LogP contribution in [0.5, 0.6) is 0 Å². The molecule has 0 aliphatic heterocycles. The summed E-state index contributed by atoms with van der Waals surface area (Å²) in [5.41, 5.74) is 4.10. The van der Waals surface area contributed by atoms with Crippen molar-refractivity contribution in [1.82, 2.24) is 9.47 Å². The van der Waals surface area contributed by atoms with Crippen LogP contribution in [0.4, 0.5) is 0 Å². The lowest BCUT2D eigenvalue weighted by atomic mass is 9.87. The molecule has 2 atom stereocenters. The van der Waals surface area contributed by atoms with Gasteiger partial charge in [0.25, 0.3) is 0 Å². The van der Waals surface area contributed by atoms with Gasteiger partial charge in [0.2, 0.25) is 0 Å². The molecule has 0 saturated carbocycles. The Balaban J connectivity index is 2.14. The van der Waals surface area contributed by atoms with Crippen molar-refractivity contribution in [2.45, 2.75) is 72.2 Å². The van der Waals surface area contributed by atoms with Crippen molar-refractivity contribution >= 4 is 0 Å². The van der Waals surface area contributed by atoms with Crippen LogP contribution >= 0.6 is 0 Å². The number of benzene rings is 1. The molecule has 0 aliphatic carbocycles. The molecule has 0 bridgehead atoms. The van der Waals surface area contributed by atoms with E-state index >= 15 is 0 Å². The third kappa shape index (κ3) is 6.98. The van der Waals surface area contributed by atoms with E-state index in [9.17, 15) is 5.11 Å². The first-order chi connectivity index (χ1) is 13.6. The molecular formula is C25H40N2O2. The van der Waals surface area contributed by atoms with Crippen LogP contribution in [0.3, 0.4) is 0 Å². The molecule has 4 nitrogen and oxygen atoms in total. The van der Waals surface area contributed by atoms with Gasteiger partial charge in [0.1, 0.15) is 0 Å². The van der Waals surface area contributed by atoms with Gasteiger partial charge >= 0.3 is 0 Å². The maximum absolute atomic E-state index is 10.3. The van der Waals surface area contributed by atoms with Gasteiger partial charge in [-0.25, -0.2) is 0 Å². The molecule has 0 saturated heterocycles. The van der Waals surface area contributed by atoms with Crippen LogP contribution in [-0.4, -0.2) is 47.0 Å². The van der Waals surface area contributed by atoms with Gasteiger partial charge in [0.05, 0.1) is 12.7 Å². The van der Waals surface area contributed by atoms with Crippen molar-refractivity contribution in [2.24, 2.45) is 5.92 Å². The Morgan fingerprint density at radius 3 is 2.28 bits per heavy atom. The third-order valence-electron chi connectivity index (χ3n) is 5.81. The molecule has 1 aromatic carbocycles. The highest BCUT2D eigenvalue weighted by atomic mass is 16.5. The SMILES string of the molecule is COC[C@@H](O)CN(Cc1cccn1Cc1ccc(C(C)(C)C)cc1)[C@H](C)C(C)C. The Morgan fingerprint density at radius 1 is 1.07 bits per heavy atom. The first-order valence-corrected chi connectivity index (χ1v) is 10.8. The zero-order valence-corrected chi connectivity index (χ0v) is 19.4. The molecule has 0 radical (unpaired) electrons. The molecule has 0 amide bonds. The second-order valence-corrected chi connectivity index (χ2v) is 9.60.